The van der Waals surface area contributed by atoms with E-state index in [2.05, 4.69) is 12.2 Å². The van der Waals surface area contributed by atoms with Crippen LogP contribution in [0.3, 0.4) is 0 Å². The van der Waals surface area contributed by atoms with Gasteiger partial charge in [0.1, 0.15) is 0 Å². The van der Waals surface area contributed by atoms with E-state index >= 15 is 0 Å². The minimum Gasteiger partial charge on any atom is -0.0812 e. The number of rotatable bonds is 0. The summed E-state index contributed by atoms with van der Waals surface area (Å²) in [6.45, 7) is 0. The number of fused-ring (bicyclic) bond motifs is 2. The molecule has 0 spiro atoms. The van der Waals surface area contributed by atoms with Gasteiger partial charge in [0.05, 0.1) is 0 Å². The molecule has 0 aromatic rings. The zero-order chi connectivity index (χ0) is 8.23. The van der Waals surface area contributed by atoms with Gasteiger partial charge in [-0.15, -0.1) is 0 Å². The molecule has 0 aromatic heterocycles. The summed E-state index contributed by atoms with van der Waals surface area (Å²) in [6, 6.07) is 0. The lowest BCUT2D eigenvalue weighted by atomic mass is 9.94. The van der Waals surface area contributed by atoms with E-state index < -0.39 is 0 Å². The highest BCUT2D eigenvalue weighted by molar-refractivity contribution is 5.22. The second-order valence-electron chi connectivity index (χ2n) is 4.05. The Morgan fingerprint density at radius 3 is 1.92 bits per heavy atom. The Labute approximate surface area is 75.4 Å². The molecular formula is C12H18. The predicted molar refractivity (Wildman–Crippen MR) is 53.1 cm³/mol. The third-order valence-electron chi connectivity index (χ3n) is 3.01. The first-order chi connectivity index (χ1) is 5.95. The lowest BCUT2D eigenvalue weighted by Gasteiger charge is -2.13. The summed E-state index contributed by atoms with van der Waals surface area (Å²) in [7, 11) is 0. The molecule has 0 radical (unpaired) electrons. The minimum absolute atomic E-state index is 1.21. The van der Waals surface area contributed by atoms with Crippen LogP contribution >= 0.6 is 0 Å². The van der Waals surface area contributed by atoms with Crippen molar-refractivity contribution >= 4 is 0 Å². The molecule has 12 heavy (non-hydrogen) atoms. The Morgan fingerprint density at radius 2 is 1.33 bits per heavy atom. The molecule has 1 fully saturated rings. The first-order valence-electron chi connectivity index (χ1n) is 5.31. The minimum atomic E-state index is 1.21. The van der Waals surface area contributed by atoms with Gasteiger partial charge in [-0.2, -0.15) is 0 Å². The van der Waals surface area contributed by atoms with E-state index in [-0.39, 0.29) is 0 Å². The average Bonchev–Trinajstić information content (AvgIpc) is 2.17. The van der Waals surface area contributed by atoms with Gasteiger partial charge in [0.2, 0.25) is 0 Å². The Morgan fingerprint density at radius 1 is 0.750 bits per heavy atom. The molecule has 0 unspecified atom stereocenters. The summed E-state index contributed by atoms with van der Waals surface area (Å²) in [5.74, 6) is 0. The van der Waals surface area contributed by atoms with Gasteiger partial charge in [-0.25, -0.2) is 0 Å². The van der Waals surface area contributed by atoms with Crippen molar-refractivity contribution in [2.75, 3.05) is 0 Å². The van der Waals surface area contributed by atoms with Crippen molar-refractivity contribution in [2.24, 2.45) is 0 Å². The van der Waals surface area contributed by atoms with Crippen molar-refractivity contribution < 1.29 is 0 Å². The van der Waals surface area contributed by atoms with Crippen molar-refractivity contribution in [3.63, 3.8) is 0 Å². The molecule has 2 aliphatic carbocycles. The summed E-state index contributed by atoms with van der Waals surface area (Å²) in [5.41, 5.74) is 3.43. The van der Waals surface area contributed by atoms with Crippen LogP contribution in [0.5, 0.6) is 0 Å². The molecule has 0 aromatic carbocycles. The largest absolute Gasteiger partial charge is 0.0812 e. The Balaban J connectivity index is 2.03. The fourth-order valence-corrected chi connectivity index (χ4v) is 2.27. The van der Waals surface area contributed by atoms with Gasteiger partial charge in [0.15, 0.2) is 0 Å². The topological polar surface area (TPSA) is 0 Å². The number of allylic oxidation sites excluding steroid dienone is 4. The fraction of sp³-hybridized carbons (Fsp3) is 0.667. The van der Waals surface area contributed by atoms with Crippen molar-refractivity contribution in [1.82, 2.24) is 0 Å². The summed E-state index contributed by atoms with van der Waals surface area (Å²) in [5, 5.41) is 0. The van der Waals surface area contributed by atoms with Crippen LogP contribution in [0.4, 0.5) is 0 Å². The highest BCUT2D eigenvalue weighted by atomic mass is 14.1. The van der Waals surface area contributed by atoms with Crippen molar-refractivity contribution in [3.05, 3.63) is 23.3 Å². The lowest BCUT2D eigenvalue weighted by Crippen LogP contribution is -1.93. The Bertz CT molecular complexity index is 186. The second kappa shape index (κ2) is 3.93. The normalized spacial score (nSPS) is 24.7. The molecule has 0 nitrogen and oxygen atoms in total. The zero-order valence-corrected chi connectivity index (χ0v) is 7.81. The van der Waals surface area contributed by atoms with Crippen LogP contribution in [-0.2, 0) is 0 Å². The van der Waals surface area contributed by atoms with E-state index in [1.807, 2.05) is 0 Å². The van der Waals surface area contributed by atoms with Gasteiger partial charge in [-0.05, 0) is 38.5 Å². The van der Waals surface area contributed by atoms with Gasteiger partial charge in [-0.1, -0.05) is 36.1 Å². The summed E-state index contributed by atoms with van der Waals surface area (Å²) >= 11 is 0. The maximum atomic E-state index is 2.44. The standard InChI is InChI=1S/C12H18/c1-2-4-7-12-9-5-8-11(10-12)6-3-1/h8-9H,1-7,10H2. The molecule has 0 amide bonds. The number of hydrogen-bond donors (Lipinski definition) is 0. The molecular weight excluding hydrogens is 144 g/mol. The van der Waals surface area contributed by atoms with Gasteiger partial charge >= 0.3 is 0 Å². The molecule has 0 atom stereocenters. The molecule has 66 valence electrons. The highest BCUT2D eigenvalue weighted by Gasteiger charge is 2.08. The molecule has 0 aliphatic heterocycles. The van der Waals surface area contributed by atoms with Crippen LogP contribution < -0.4 is 0 Å². The van der Waals surface area contributed by atoms with Crippen molar-refractivity contribution in [1.29, 1.82) is 0 Å². The lowest BCUT2D eigenvalue weighted by molar-refractivity contribution is 0.653. The highest BCUT2D eigenvalue weighted by Crippen LogP contribution is 2.28. The first-order valence-corrected chi connectivity index (χ1v) is 5.31. The smallest absolute Gasteiger partial charge is 0.0108 e. The number of hydrogen-bond acceptors (Lipinski definition) is 0. The third kappa shape index (κ3) is 2.00. The van der Waals surface area contributed by atoms with Crippen LogP contribution in [0.15, 0.2) is 23.3 Å². The van der Waals surface area contributed by atoms with E-state index in [0.29, 0.717) is 0 Å². The molecule has 2 bridgehead atoms. The predicted octanol–water partition coefficient (Wildman–Crippen LogP) is 3.99. The summed E-state index contributed by atoms with van der Waals surface area (Å²) in [4.78, 5) is 0. The van der Waals surface area contributed by atoms with E-state index in [0.717, 1.165) is 0 Å². The quantitative estimate of drug-likeness (QED) is 0.472. The average molecular weight is 162 g/mol. The van der Waals surface area contributed by atoms with Crippen LogP contribution in [-0.4, -0.2) is 0 Å². The van der Waals surface area contributed by atoms with Gasteiger partial charge in [0, 0.05) is 0 Å². The molecule has 2 aliphatic rings. The molecule has 0 saturated heterocycles. The molecule has 2 rings (SSSR count). The van der Waals surface area contributed by atoms with Gasteiger partial charge in [0.25, 0.3) is 0 Å². The molecule has 0 heterocycles. The molecule has 0 heteroatoms. The van der Waals surface area contributed by atoms with Crippen molar-refractivity contribution in [2.45, 2.75) is 51.4 Å². The van der Waals surface area contributed by atoms with E-state index in [4.69, 9.17) is 0 Å². The second-order valence-corrected chi connectivity index (χ2v) is 4.05. The van der Waals surface area contributed by atoms with Gasteiger partial charge in [-0.3, -0.25) is 0 Å². The van der Waals surface area contributed by atoms with Crippen molar-refractivity contribution in [3.8, 4) is 0 Å². The zero-order valence-electron chi connectivity index (χ0n) is 7.81. The van der Waals surface area contributed by atoms with E-state index in [1.54, 1.807) is 11.1 Å². The Kier molecular flexibility index (Phi) is 2.65. The van der Waals surface area contributed by atoms with Crippen LogP contribution in [0.2, 0.25) is 0 Å². The molecule has 1 saturated carbocycles. The van der Waals surface area contributed by atoms with Gasteiger partial charge < -0.3 is 0 Å². The SMILES string of the molecule is C1=C2CCCCCCC(=CC1)C2. The Hall–Kier alpha value is -0.520. The van der Waals surface area contributed by atoms with Crippen LogP contribution in [0.25, 0.3) is 0 Å². The first kappa shape index (κ1) is 8.10. The van der Waals surface area contributed by atoms with Crippen LogP contribution in [0.1, 0.15) is 51.4 Å². The summed E-state index contributed by atoms with van der Waals surface area (Å²) < 4.78 is 0. The maximum Gasteiger partial charge on any atom is -0.0108 e. The molecule has 0 N–H and O–H groups in total. The van der Waals surface area contributed by atoms with Crippen LogP contribution in [0, 0.1) is 0 Å². The van der Waals surface area contributed by atoms with E-state index in [9.17, 15) is 0 Å². The monoisotopic (exact) mass is 162 g/mol. The fourth-order valence-electron chi connectivity index (χ4n) is 2.27. The van der Waals surface area contributed by atoms with E-state index in [1.165, 1.54) is 51.4 Å². The summed E-state index contributed by atoms with van der Waals surface area (Å²) in [6.07, 6.45) is 15.9. The maximum absolute atomic E-state index is 2.44. The third-order valence-corrected chi connectivity index (χ3v) is 3.01.